The highest BCUT2D eigenvalue weighted by molar-refractivity contribution is 5.96. The highest BCUT2D eigenvalue weighted by Crippen LogP contribution is 2.23. The second kappa shape index (κ2) is 6.69. The normalized spacial score (nSPS) is 12.5. The van der Waals surface area contributed by atoms with Gasteiger partial charge >= 0.3 is 0 Å². The first-order valence-corrected chi connectivity index (χ1v) is 6.57. The fourth-order valence-electron chi connectivity index (χ4n) is 2.17. The van der Waals surface area contributed by atoms with Crippen LogP contribution >= 0.6 is 0 Å². The van der Waals surface area contributed by atoms with Gasteiger partial charge in [0.15, 0.2) is 5.78 Å². The number of ketones is 1. The second-order valence-electron chi connectivity index (χ2n) is 4.54. The van der Waals surface area contributed by atoms with Crippen molar-refractivity contribution in [3.63, 3.8) is 0 Å². The fourth-order valence-corrected chi connectivity index (χ4v) is 2.17. The Balaban J connectivity index is 2.16. The Morgan fingerprint density at radius 1 is 1.00 bits per heavy atom. The molecule has 0 N–H and O–H groups in total. The first kappa shape index (κ1) is 13.3. The number of Topliss-reactive ketones (excluding diaryl/α,β-unsaturated/α-hetero) is 1. The molecule has 1 heteroatoms. The summed E-state index contributed by atoms with van der Waals surface area (Å²) in [5, 5.41) is 0. The van der Waals surface area contributed by atoms with E-state index in [1.54, 1.807) is 0 Å². The van der Waals surface area contributed by atoms with E-state index in [4.69, 9.17) is 0 Å². The maximum atomic E-state index is 12.3. The second-order valence-corrected chi connectivity index (χ2v) is 4.54. The third-order valence-corrected chi connectivity index (χ3v) is 3.15. The fraction of sp³-hybridized carbons (Fsp3) is 0.167. The van der Waals surface area contributed by atoms with Gasteiger partial charge in [0.05, 0.1) is 0 Å². The van der Waals surface area contributed by atoms with Crippen LogP contribution in [0.25, 0.3) is 0 Å². The van der Waals surface area contributed by atoms with E-state index >= 15 is 0 Å². The van der Waals surface area contributed by atoms with E-state index in [1.165, 1.54) is 5.56 Å². The quantitative estimate of drug-likeness (QED) is 0.559. The monoisotopic (exact) mass is 250 g/mol. The molecule has 0 saturated carbocycles. The van der Waals surface area contributed by atoms with Crippen LogP contribution in [-0.4, -0.2) is 5.78 Å². The van der Waals surface area contributed by atoms with Crippen LogP contribution in [0, 0.1) is 0 Å². The maximum absolute atomic E-state index is 12.3. The zero-order valence-electron chi connectivity index (χ0n) is 11.1. The Bertz CT molecular complexity index is 540. The molecule has 0 saturated heterocycles. The van der Waals surface area contributed by atoms with Crippen molar-refractivity contribution in [1.82, 2.24) is 0 Å². The SMILES string of the molecule is C/C=C/C(CC(=O)c1ccccc1)c1ccccc1. The predicted octanol–water partition coefficient (Wildman–Crippen LogP) is 4.62. The number of carbonyl (C=O) groups excluding carboxylic acids is 1. The summed E-state index contributed by atoms with van der Waals surface area (Å²) in [6.45, 7) is 1.99. The zero-order chi connectivity index (χ0) is 13.5. The van der Waals surface area contributed by atoms with Crippen LogP contribution in [0.5, 0.6) is 0 Å². The van der Waals surface area contributed by atoms with Crippen LogP contribution in [0.1, 0.15) is 35.2 Å². The van der Waals surface area contributed by atoms with E-state index < -0.39 is 0 Å². The van der Waals surface area contributed by atoms with Crippen molar-refractivity contribution in [1.29, 1.82) is 0 Å². The summed E-state index contributed by atoms with van der Waals surface area (Å²) in [6, 6.07) is 19.6. The highest BCUT2D eigenvalue weighted by Gasteiger charge is 2.14. The number of rotatable bonds is 5. The molecule has 1 nitrogen and oxygen atoms in total. The highest BCUT2D eigenvalue weighted by atomic mass is 16.1. The van der Waals surface area contributed by atoms with Gasteiger partial charge in [0.2, 0.25) is 0 Å². The third kappa shape index (κ3) is 3.65. The average molecular weight is 250 g/mol. The van der Waals surface area contributed by atoms with Crippen molar-refractivity contribution in [3.05, 3.63) is 83.9 Å². The Hall–Kier alpha value is -2.15. The van der Waals surface area contributed by atoms with Crippen molar-refractivity contribution in [2.75, 3.05) is 0 Å². The van der Waals surface area contributed by atoms with Crippen LogP contribution in [-0.2, 0) is 0 Å². The zero-order valence-corrected chi connectivity index (χ0v) is 11.1. The van der Waals surface area contributed by atoms with Crippen LogP contribution in [0.15, 0.2) is 72.8 Å². The molecule has 0 aliphatic rings. The summed E-state index contributed by atoms with van der Waals surface area (Å²) >= 11 is 0. The van der Waals surface area contributed by atoms with E-state index in [0.29, 0.717) is 6.42 Å². The first-order chi connectivity index (χ1) is 9.31. The molecule has 1 atom stereocenters. The minimum Gasteiger partial charge on any atom is -0.294 e. The molecule has 0 amide bonds. The van der Waals surface area contributed by atoms with E-state index in [1.807, 2.05) is 61.5 Å². The Labute approximate surface area is 114 Å². The number of hydrogen-bond donors (Lipinski definition) is 0. The summed E-state index contributed by atoms with van der Waals surface area (Å²) in [6.07, 6.45) is 4.62. The molecule has 19 heavy (non-hydrogen) atoms. The van der Waals surface area contributed by atoms with Gasteiger partial charge in [-0.1, -0.05) is 72.8 Å². The number of benzene rings is 2. The Kier molecular flexibility index (Phi) is 4.68. The number of carbonyl (C=O) groups is 1. The van der Waals surface area contributed by atoms with Crippen molar-refractivity contribution in [2.45, 2.75) is 19.3 Å². The number of allylic oxidation sites excluding steroid dienone is 2. The molecular formula is C18H18O. The minimum atomic E-state index is 0.152. The molecule has 0 radical (unpaired) electrons. The predicted molar refractivity (Wildman–Crippen MR) is 79.4 cm³/mol. The molecule has 2 aromatic rings. The summed E-state index contributed by atoms with van der Waals surface area (Å²) in [5.41, 5.74) is 1.97. The lowest BCUT2D eigenvalue weighted by Crippen LogP contribution is -2.05. The van der Waals surface area contributed by atoms with E-state index in [2.05, 4.69) is 18.2 Å². The van der Waals surface area contributed by atoms with Crippen LogP contribution in [0.2, 0.25) is 0 Å². The largest absolute Gasteiger partial charge is 0.294 e. The maximum Gasteiger partial charge on any atom is 0.163 e. The standard InChI is InChI=1S/C18H18O/c1-2-9-17(15-10-5-3-6-11-15)14-18(19)16-12-7-4-8-13-16/h2-13,17H,14H2,1H3/b9-2+. The molecule has 96 valence electrons. The molecule has 0 bridgehead atoms. The minimum absolute atomic E-state index is 0.152. The van der Waals surface area contributed by atoms with E-state index in [9.17, 15) is 4.79 Å². The van der Waals surface area contributed by atoms with E-state index in [0.717, 1.165) is 5.56 Å². The summed E-state index contributed by atoms with van der Waals surface area (Å²) in [7, 11) is 0. The van der Waals surface area contributed by atoms with Gasteiger partial charge in [-0.15, -0.1) is 0 Å². The molecule has 0 heterocycles. The first-order valence-electron chi connectivity index (χ1n) is 6.57. The van der Waals surface area contributed by atoms with Gasteiger partial charge < -0.3 is 0 Å². The molecule has 2 rings (SSSR count). The lowest BCUT2D eigenvalue weighted by Gasteiger charge is -2.12. The summed E-state index contributed by atoms with van der Waals surface area (Å²) in [4.78, 5) is 12.3. The topological polar surface area (TPSA) is 17.1 Å². The summed E-state index contributed by atoms with van der Waals surface area (Å²) < 4.78 is 0. The Morgan fingerprint density at radius 2 is 1.58 bits per heavy atom. The molecule has 0 fully saturated rings. The lowest BCUT2D eigenvalue weighted by molar-refractivity contribution is 0.0978. The van der Waals surface area contributed by atoms with Crippen LogP contribution in [0.4, 0.5) is 0 Å². The smallest absolute Gasteiger partial charge is 0.163 e. The molecule has 2 aromatic carbocycles. The molecule has 0 aliphatic carbocycles. The van der Waals surface area contributed by atoms with Crippen molar-refractivity contribution in [2.24, 2.45) is 0 Å². The van der Waals surface area contributed by atoms with Gasteiger partial charge in [0.1, 0.15) is 0 Å². The Morgan fingerprint density at radius 3 is 2.16 bits per heavy atom. The van der Waals surface area contributed by atoms with Gasteiger partial charge in [-0.2, -0.15) is 0 Å². The molecule has 1 unspecified atom stereocenters. The summed E-state index contributed by atoms with van der Waals surface area (Å²) in [5.74, 6) is 0.339. The lowest BCUT2D eigenvalue weighted by atomic mass is 9.91. The van der Waals surface area contributed by atoms with Crippen molar-refractivity contribution in [3.8, 4) is 0 Å². The van der Waals surface area contributed by atoms with E-state index in [-0.39, 0.29) is 11.7 Å². The van der Waals surface area contributed by atoms with Gasteiger partial charge in [-0.3, -0.25) is 4.79 Å². The van der Waals surface area contributed by atoms with Gasteiger partial charge in [0, 0.05) is 17.9 Å². The third-order valence-electron chi connectivity index (χ3n) is 3.15. The molecule has 0 spiro atoms. The van der Waals surface area contributed by atoms with Crippen LogP contribution < -0.4 is 0 Å². The molecular weight excluding hydrogens is 232 g/mol. The van der Waals surface area contributed by atoms with Gasteiger partial charge in [-0.05, 0) is 12.5 Å². The molecule has 0 aromatic heterocycles. The van der Waals surface area contributed by atoms with Crippen LogP contribution in [0.3, 0.4) is 0 Å². The van der Waals surface area contributed by atoms with Gasteiger partial charge in [-0.25, -0.2) is 0 Å². The molecule has 0 aliphatic heterocycles. The van der Waals surface area contributed by atoms with Crippen molar-refractivity contribution >= 4 is 5.78 Å². The average Bonchev–Trinajstić information content (AvgIpc) is 2.48. The van der Waals surface area contributed by atoms with Crippen molar-refractivity contribution < 1.29 is 4.79 Å². The number of hydrogen-bond acceptors (Lipinski definition) is 1. The van der Waals surface area contributed by atoms with Gasteiger partial charge in [0.25, 0.3) is 0 Å².